The van der Waals surface area contributed by atoms with Crippen LogP contribution in [0.25, 0.3) is 5.69 Å². The Balaban J connectivity index is 2.51. The van der Waals surface area contributed by atoms with Gasteiger partial charge in [0.05, 0.1) is 36.7 Å². The highest BCUT2D eigenvalue weighted by atomic mass is 19.4. The normalized spacial score (nSPS) is 11.6. The molecule has 0 aliphatic heterocycles. The Morgan fingerprint density at radius 1 is 1.37 bits per heavy atom. The number of aromatic nitrogens is 2. The molecule has 0 amide bonds. The van der Waals surface area contributed by atoms with Crippen LogP contribution in [0, 0.1) is 0 Å². The zero-order valence-corrected chi connectivity index (χ0v) is 9.98. The van der Waals surface area contributed by atoms with Gasteiger partial charge in [-0.3, -0.25) is 0 Å². The first-order valence-corrected chi connectivity index (χ1v) is 5.36. The summed E-state index contributed by atoms with van der Waals surface area (Å²) in [5.41, 5.74) is -0.153. The topological polar surface area (TPSA) is 47.3 Å². The fraction of sp³-hybridized carbons (Fsp3) is 0.250. The van der Waals surface area contributed by atoms with E-state index in [2.05, 4.69) is 5.10 Å². The van der Waals surface area contributed by atoms with E-state index in [0.29, 0.717) is 5.56 Å². The van der Waals surface area contributed by atoms with E-state index >= 15 is 0 Å². The monoisotopic (exact) mass is 272 g/mol. The third-order valence-electron chi connectivity index (χ3n) is 2.58. The predicted octanol–water partition coefficient (Wildman–Crippen LogP) is 2.39. The van der Waals surface area contributed by atoms with Gasteiger partial charge in [0.2, 0.25) is 5.88 Å². The molecule has 1 aromatic carbocycles. The van der Waals surface area contributed by atoms with E-state index in [-0.39, 0.29) is 18.2 Å². The van der Waals surface area contributed by atoms with Crippen molar-refractivity contribution < 1.29 is 23.0 Å². The largest absolute Gasteiger partial charge is 0.481 e. The van der Waals surface area contributed by atoms with E-state index in [4.69, 9.17) is 9.84 Å². The molecule has 1 aromatic heterocycles. The van der Waals surface area contributed by atoms with Crippen molar-refractivity contribution in [3.05, 3.63) is 41.6 Å². The highest BCUT2D eigenvalue weighted by Gasteiger charge is 2.30. The second-order valence-corrected chi connectivity index (χ2v) is 3.80. The van der Waals surface area contributed by atoms with Crippen molar-refractivity contribution in [2.45, 2.75) is 12.8 Å². The Hall–Kier alpha value is -2.02. The molecule has 1 N–H and O–H groups in total. The maximum atomic E-state index is 12.6. The fourth-order valence-electron chi connectivity index (χ4n) is 1.70. The Bertz CT molecular complexity index is 579. The minimum atomic E-state index is -4.42. The average Bonchev–Trinajstić information content (AvgIpc) is 2.80. The van der Waals surface area contributed by atoms with Crippen LogP contribution in [0.2, 0.25) is 0 Å². The van der Waals surface area contributed by atoms with Crippen molar-refractivity contribution in [1.82, 2.24) is 9.78 Å². The molecule has 0 atom stereocenters. The lowest BCUT2D eigenvalue weighted by molar-refractivity contribution is -0.137. The van der Waals surface area contributed by atoms with Crippen LogP contribution in [0.15, 0.2) is 30.5 Å². The molecule has 1 heterocycles. The quantitative estimate of drug-likeness (QED) is 0.933. The second kappa shape index (κ2) is 4.93. The highest BCUT2D eigenvalue weighted by molar-refractivity contribution is 5.41. The average molecular weight is 272 g/mol. The smallest absolute Gasteiger partial charge is 0.416 e. The number of nitrogens with zero attached hydrogens (tertiary/aromatic N) is 2. The van der Waals surface area contributed by atoms with Crippen molar-refractivity contribution in [3.8, 4) is 11.6 Å². The van der Waals surface area contributed by atoms with Gasteiger partial charge in [0.15, 0.2) is 0 Å². The standard InChI is InChI=1S/C12H11F3N2O2/c1-19-11-8(7-18)6-16-17(11)10-4-2-3-9(5-10)12(13,14)15/h2-6,18H,7H2,1H3. The van der Waals surface area contributed by atoms with E-state index in [1.165, 1.54) is 30.1 Å². The van der Waals surface area contributed by atoms with Crippen LogP contribution in [-0.2, 0) is 12.8 Å². The zero-order valence-electron chi connectivity index (χ0n) is 9.98. The summed E-state index contributed by atoms with van der Waals surface area (Å²) in [6.07, 6.45) is -3.07. The highest BCUT2D eigenvalue weighted by Crippen LogP contribution is 2.31. The molecular formula is C12H11F3N2O2. The van der Waals surface area contributed by atoms with Gasteiger partial charge in [-0.25, -0.2) is 4.68 Å². The maximum absolute atomic E-state index is 12.6. The number of aliphatic hydroxyl groups excluding tert-OH is 1. The van der Waals surface area contributed by atoms with Gasteiger partial charge in [-0.1, -0.05) is 6.07 Å². The van der Waals surface area contributed by atoms with Crippen LogP contribution >= 0.6 is 0 Å². The van der Waals surface area contributed by atoms with Gasteiger partial charge >= 0.3 is 6.18 Å². The molecule has 0 aliphatic rings. The lowest BCUT2D eigenvalue weighted by Crippen LogP contribution is -2.07. The first-order valence-electron chi connectivity index (χ1n) is 5.36. The number of aliphatic hydroxyl groups is 1. The molecule has 0 bridgehead atoms. The van der Waals surface area contributed by atoms with Crippen LogP contribution in [0.3, 0.4) is 0 Å². The second-order valence-electron chi connectivity index (χ2n) is 3.80. The molecule has 0 aliphatic carbocycles. The van der Waals surface area contributed by atoms with E-state index in [9.17, 15) is 13.2 Å². The first-order chi connectivity index (χ1) is 8.97. The summed E-state index contributed by atoms with van der Waals surface area (Å²) in [7, 11) is 1.36. The molecule has 0 spiro atoms. The molecule has 2 rings (SSSR count). The van der Waals surface area contributed by atoms with Crippen molar-refractivity contribution in [3.63, 3.8) is 0 Å². The van der Waals surface area contributed by atoms with E-state index in [1.807, 2.05) is 0 Å². The molecule has 0 saturated carbocycles. The Morgan fingerprint density at radius 3 is 2.68 bits per heavy atom. The van der Waals surface area contributed by atoms with Gasteiger partial charge in [-0.05, 0) is 18.2 Å². The van der Waals surface area contributed by atoms with Crippen molar-refractivity contribution in [2.75, 3.05) is 7.11 Å². The van der Waals surface area contributed by atoms with Crippen molar-refractivity contribution in [2.24, 2.45) is 0 Å². The van der Waals surface area contributed by atoms with Gasteiger partial charge in [0.25, 0.3) is 0 Å². The molecule has 2 aromatic rings. The summed E-state index contributed by atoms with van der Waals surface area (Å²) in [4.78, 5) is 0. The summed E-state index contributed by atoms with van der Waals surface area (Å²) in [5.74, 6) is 0.210. The van der Waals surface area contributed by atoms with Crippen LogP contribution in [-0.4, -0.2) is 22.0 Å². The molecule has 0 unspecified atom stereocenters. The van der Waals surface area contributed by atoms with Gasteiger partial charge in [-0.2, -0.15) is 18.3 Å². The SMILES string of the molecule is COc1c(CO)cnn1-c1cccc(C(F)(F)F)c1. The van der Waals surface area contributed by atoms with Gasteiger partial charge in [-0.15, -0.1) is 0 Å². The van der Waals surface area contributed by atoms with Crippen LogP contribution < -0.4 is 4.74 Å². The molecule has 102 valence electrons. The van der Waals surface area contributed by atoms with Crippen molar-refractivity contribution >= 4 is 0 Å². The zero-order chi connectivity index (χ0) is 14.0. The molecule has 7 heteroatoms. The first kappa shape index (κ1) is 13.4. The van der Waals surface area contributed by atoms with Crippen LogP contribution in [0.4, 0.5) is 13.2 Å². The van der Waals surface area contributed by atoms with E-state index in [1.54, 1.807) is 0 Å². The summed E-state index contributed by atoms with van der Waals surface area (Å²) in [6, 6.07) is 4.72. The van der Waals surface area contributed by atoms with E-state index in [0.717, 1.165) is 12.1 Å². The molecule has 4 nitrogen and oxygen atoms in total. The minimum Gasteiger partial charge on any atom is -0.481 e. The summed E-state index contributed by atoms with van der Waals surface area (Å²) < 4.78 is 44.2. The molecular weight excluding hydrogens is 261 g/mol. The van der Waals surface area contributed by atoms with Crippen LogP contribution in [0.1, 0.15) is 11.1 Å². The lowest BCUT2D eigenvalue weighted by atomic mass is 10.2. The Labute approximate surface area is 107 Å². The maximum Gasteiger partial charge on any atom is 0.416 e. The van der Waals surface area contributed by atoms with Gasteiger partial charge in [0.1, 0.15) is 0 Å². The molecule has 0 radical (unpaired) electrons. The fourth-order valence-corrected chi connectivity index (χ4v) is 1.70. The number of alkyl halides is 3. The third-order valence-corrected chi connectivity index (χ3v) is 2.58. The van der Waals surface area contributed by atoms with E-state index < -0.39 is 11.7 Å². The van der Waals surface area contributed by atoms with Crippen molar-refractivity contribution in [1.29, 1.82) is 0 Å². The summed E-state index contributed by atoms with van der Waals surface area (Å²) in [5, 5.41) is 13.0. The van der Waals surface area contributed by atoms with Gasteiger partial charge in [0, 0.05) is 0 Å². The number of rotatable bonds is 3. The Kier molecular flexibility index (Phi) is 3.48. The molecule has 0 saturated heterocycles. The number of benzene rings is 1. The number of hydrogen-bond acceptors (Lipinski definition) is 3. The molecule has 0 fully saturated rings. The third kappa shape index (κ3) is 2.55. The Morgan fingerprint density at radius 2 is 2.11 bits per heavy atom. The van der Waals surface area contributed by atoms with Gasteiger partial charge < -0.3 is 9.84 Å². The minimum absolute atomic E-state index is 0.210. The number of halogens is 3. The number of methoxy groups -OCH3 is 1. The number of ether oxygens (including phenoxy) is 1. The lowest BCUT2D eigenvalue weighted by Gasteiger charge is -2.10. The molecule has 19 heavy (non-hydrogen) atoms. The van der Waals surface area contributed by atoms with Crippen LogP contribution in [0.5, 0.6) is 5.88 Å². The summed E-state index contributed by atoms with van der Waals surface area (Å²) >= 11 is 0. The number of hydrogen-bond donors (Lipinski definition) is 1. The predicted molar refractivity (Wildman–Crippen MR) is 61.0 cm³/mol. The summed E-state index contributed by atoms with van der Waals surface area (Å²) in [6.45, 7) is -0.303.